The van der Waals surface area contributed by atoms with Crippen LogP contribution in [0.15, 0.2) is 54.6 Å². The van der Waals surface area contributed by atoms with E-state index in [1.165, 1.54) is 24.5 Å². The maximum atomic E-state index is 14.1. The molecule has 2 saturated heterocycles. The first kappa shape index (κ1) is 19.6. The molecular weight excluding hydrogens is 351 g/mol. The van der Waals surface area contributed by atoms with Gasteiger partial charge >= 0.3 is 0 Å². The summed E-state index contributed by atoms with van der Waals surface area (Å²) in [5, 5.41) is 10.9. The Bertz CT molecular complexity index is 750. The molecule has 2 heterocycles. The Balaban J connectivity index is 1.23. The van der Waals surface area contributed by atoms with Crippen molar-refractivity contribution in [1.82, 2.24) is 9.80 Å². The standard InChI is InChI=1S/C24H31FN2O/c25-23-9-5-4-8-22(23)24(28)12-16-27(17-13-24)19-21-10-14-26(15-11-21)18-20-6-2-1-3-7-20/h1-9,21,28H,10-19H2. The molecule has 0 aliphatic carbocycles. The largest absolute Gasteiger partial charge is 0.385 e. The lowest BCUT2D eigenvalue weighted by Gasteiger charge is -2.41. The van der Waals surface area contributed by atoms with Crippen molar-refractivity contribution < 1.29 is 9.50 Å². The van der Waals surface area contributed by atoms with Gasteiger partial charge in [0.05, 0.1) is 5.60 Å². The summed E-state index contributed by atoms with van der Waals surface area (Å²) >= 11 is 0. The zero-order valence-electron chi connectivity index (χ0n) is 16.6. The lowest BCUT2D eigenvalue weighted by molar-refractivity contribution is -0.0331. The van der Waals surface area contributed by atoms with E-state index in [4.69, 9.17) is 0 Å². The van der Waals surface area contributed by atoms with Crippen molar-refractivity contribution >= 4 is 0 Å². The van der Waals surface area contributed by atoms with Gasteiger partial charge in [-0.3, -0.25) is 4.90 Å². The molecule has 0 spiro atoms. The maximum Gasteiger partial charge on any atom is 0.129 e. The van der Waals surface area contributed by atoms with Crippen molar-refractivity contribution in [2.24, 2.45) is 5.92 Å². The van der Waals surface area contributed by atoms with Crippen molar-refractivity contribution in [3.63, 3.8) is 0 Å². The molecule has 2 fully saturated rings. The third-order valence-electron chi connectivity index (χ3n) is 6.53. The zero-order chi connectivity index (χ0) is 19.4. The summed E-state index contributed by atoms with van der Waals surface area (Å²) in [4.78, 5) is 5.02. The molecule has 0 saturated carbocycles. The van der Waals surface area contributed by atoms with Crippen LogP contribution in [0.5, 0.6) is 0 Å². The van der Waals surface area contributed by atoms with Gasteiger partial charge in [-0.15, -0.1) is 0 Å². The molecular formula is C24H31FN2O. The molecule has 0 atom stereocenters. The third kappa shape index (κ3) is 4.62. The van der Waals surface area contributed by atoms with Gasteiger partial charge in [0.15, 0.2) is 0 Å². The monoisotopic (exact) mass is 382 g/mol. The molecule has 150 valence electrons. The predicted octanol–water partition coefficient (Wildman–Crippen LogP) is 4.02. The molecule has 4 rings (SSSR count). The van der Waals surface area contributed by atoms with E-state index in [1.54, 1.807) is 12.1 Å². The Labute approximate surface area is 167 Å². The Kier molecular flexibility index (Phi) is 6.10. The van der Waals surface area contributed by atoms with Gasteiger partial charge in [-0.25, -0.2) is 4.39 Å². The van der Waals surface area contributed by atoms with E-state index >= 15 is 0 Å². The Morgan fingerprint density at radius 3 is 2.18 bits per heavy atom. The molecule has 3 nitrogen and oxygen atoms in total. The summed E-state index contributed by atoms with van der Waals surface area (Å²) in [7, 11) is 0. The van der Waals surface area contributed by atoms with Crippen LogP contribution in [0.3, 0.4) is 0 Å². The first-order valence-electron chi connectivity index (χ1n) is 10.6. The molecule has 0 unspecified atom stereocenters. The SMILES string of the molecule is OC1(c2ccccc2F)CCN(CC2CCN(Cc3ccccc3)CC2)CC1. The number of rotatable bonds is 5. The van der Waals surface area contributed by atoms with E-state index in [2.05, 4.69) is 40.1 Å². The number of benzene rings is 2. The van der Waals surface area contributed by atoms with Gasteiger partial charge in [-0.1, -0.05) is 48.5 Å². The molecule has 2 aliphatic heterocycles. The summed E-state index contributed by atoms with van der Waals surface area (Å²) in [6.45, 7) is 6.16. The molecule has 2 aromatic carbocycles. The molecule has 2 aliphatic rings. The van der Waals surface area contributed by atoms with Crippen molar-refractivity contribution in [1.29, 1.82) is 0 Å². The highest BCUT2D eigenvalue weighted by atomic mass is 19.1. The van der Waals surface area contributed by atoms with Crippen molar-refractivity contribution in [3.05, 3.63) is 71.5 Å². The van der Waals surface area contributed by atoms with E-state index in [1.807, 2.05) is 6.07 Å². The first-order chi connectivity index (χ1) is 13.6. The van der Waals surface area contributed by atoms with Gasteiger partial charge in [-0.05, 0) is 56.3 Å². The molecule has 0 radical (unpaired) electrons. The number of piperidine rings is 2. The summed E-state index contributed by atoms with van der Waals surface area (Å²) < 4.78 is 14.1. The summed E-state index contributed by atoms with van der Waals surface area (Å²) in [5.74, 6) is 0.441. The van der Waals surface area contributed by atoms with Crippen LogP contribution in [0.4, 0.5) is 4.39 Å². The van der Waals surface area contributed by atoms with Gasteiger partial charge < -0.3 is 10.0 Å². The minimum Gasteiger partial charge on any atom is -0.385 e. The fourth-order valence-electron chi connectivity index (χ4n) is 4.75. The van der Waals surface area contributed by atoms with Crippen LogP contribution < -0.4 is 0 Å². The molecule has 28 heavy (non-hydrogen) atoms. The van der Waals surface area contributed by atoms with Crippen LogP contribution in [0.1, 0.15) is 36.8 Å². The minimum atomic E-state index is -1.01. The third-order valence-corrected chi connectivity index (χ3v) is 6.53. The lowest BCUT2D eigenvalue weighted by Crippen LogP contribution is -2.46. The fraction of sp³-hybridized carbons (Fsp3) is 0.500. The molecule has 1 N–H and O–H groups in total. The number of likely N-dealkylation sites (tertiary alicyclic amines) is 2. The second kappa shape index (κ2) is 8.73. The van der Waals surface area contributed by atoms with E-state index in [-0.39, 0.29) is 5.82 Å². The highest BCUT2D eigenvalue weighted by molar-refractivity contribution is 5.25. The highest BCUT2D eigenvalue weighted by Crippen LogP contribution is 2.35. The average molecular weight is 383 g/mol. The number of halogens is 1. The van der Waals surface area contributed by atoms with Crippen LogP contribution in [0, 0.1) is 11.7 Å². The van der Waals surface area contributed by atoms with Gasteiger partial charge in [0.25, 0.3) is 0 Å². The topological polar surface area (TPSA) is 26.7 Å². The Morgan fingerprint density at radius 1 is 0.857 bits per heavy atom. The van der Waals surface area contributed by atoms with Crippen LogP contribution in [0.25, 0.3) is 0 Å². The lowest BCUT2D eigenvalue weighted by atomic mass is 9.83. The Hall–Kier alpha value is -1.75. The van der Waals surface area contributed by atoms with E-state index in [9.17, 15) is 9.50 Å². The van der Waals surface area contributed by atoms with Crippen LogP contribution in [-0.2, 0) is 12.1 Å². The smallest absolute Gasteiger partial charge is 0.129 e. The summed E-state index contributed by atoms with van der Waals surface area (Å²) in [5.41, 5.74) is 0.842. The number of hydrogen-bond donors (Lipinski definition) is 1. The molecule has 0 amide bonds. The second-order valence-electron chi connectivity index (χ2n) is 8.52. The fourth-order valence-corrected chi connectivity index (χ4v) is 4.75. The molecule has 0 bridgehead atoms. The van der Waals surface area contributed by atoms with Crippen molar-refractivity contribution in [2.45, 2.75) is 37.8 Å². The normalized spacial score (nSPS) is 21.6. The van der Waals surface area contributed by atoms with Gasteiger partial charge in [0.1, 0.15) is 5.82 Å². The first-order valence-corrected chi connectivity index (χ1v) is 10.6. The summed E-state index contributed by atoms with van der Waals surface area (Å²) in [6, 6.07) is 17.4. The number of aliphatic hydroxyl groups is 1. The van der Waals surface area contributed by atoms with Gasteiger partial charge in [-0.2, -0.15) is 0 Å². The van der Waals surface area contributed by atoms with Gasteiger partial charge in [0.2, 0.25) is 0 Å². The molecule has 2 aromatic rings. The van der Waals surface area contributed by atoms with E-state index in [0.717, 1.165) is 45.2 Å². The molecule has 0 aromatic heterocycles. The van der Waals surface area contributed by atoms with Crippen LogP contribution in [0.2, 0.25) is 0 Å². The highest BCUT2D eigenvalue weighted by Gasteiger charge is 2.36. The predicted molar refractivity (Wildman–Crippen MR) is 110 cm³/mol. The van der Waals surface area contributed by atoms with Crippen molar-refractivity contribution in [3.8, 4) is 0 Å². The maximum absolute atomic E-state index is 14.1. The second-order valence-corrected chi connectivity index (χ2v) is 8.52. The van der Waals surface area contributed by atoms with Crippen LogP contribution >= 0.6 is 0 Å². The minimum absolute atomic E-state index is 0.288. The number of hydrogen-bond acceptors (Lipinski definition) is 3. The molecule has 4 heteroatoms. The summed E-state index contributed by atoms with van der Waals surface area (Å²) in [6.07, 6.45) is 3.70. The van der Waals surface area contributed by atoms with E-state index in [0.29, 0.717) is 18.4 Å². The van der Waals surface area contributed by atoms with Gasteiger partial charge in [0, 0.05) is 31.7 Å². The Morgan fingerprint density at radius 2 is 1.50 bits per heavy atom. The zero-order valence-corrected chi connectivity index (χ0v) is 16.6. The number of nitrogens with zero attached hydrogens (tertiary/aromatic N) is 2. The van der Waals surface area contributed by atoms with E-state index < -0.39 is 5.60 Å². The van der Waals surface area contributed by atoms with Crippen LogP contribution in [-0.4, -0.2) is 47.6 Å². The average Bonchev–Trinajstić information content (AvgIpc) is 2.72. The van der Waals surface area contributed by atoms with Crippen molar-refractivity contribution in [2.75, 3.05) is 32.7 Å². The quantitative estimate of drug-likeness (QED) is 0.846.